The van der Waals surface area contributed by atoms with Crippen LogP contribution in [0.4, 0.5) is 30.5 Å². The van der Waals surface area contributed by atoms with Crippen molar-refractivity contribution in [2.45, 2.75) is 84.2 Å². The van der Waals surface area contributed by atoms with Gasteiger partial charge >= 0.3 is 0 Å². The first-order valence-corrected chi connectivity index (χ1v) is 18.2. The summed E-state index contributed by atoms with van der Waals surface area (Å²) >= 11 is 0. The average molecular weight is 704 g/mol. The zero-order valence-electron chi connectivity index (χ0n) is 30.4. The molecule has 1 aromatic heterocycles. The van der Waals surface area contributed by atoms with Crippen molar-refractivity contribution in [3.05, 3.63) is 77.1 Å². The van der Waals surface area contributed by atoms with Crippen LogP contribution in [0.5, 0.6) is 5.75 Å². The van der Waals surface area contributed by atoms with Gasteiger partial charge in [0.1, 0.15) is 24.6 Å². The van der Waals surface area contributed by atoms with Crippen LogP contribution in [0.3, 0.4) is 0 Å². The number of alkyl halides is 1. The Morgan fingerprint density at radius 2 is 1.96 bits per heavy atom. The van der Waals surface area contributed by atoms with Crippen LogP contribution in [0.25, 0.3) is 5.57 Å². The summed E-state index contributed by atoms with van der Waals surface area (Å²) in [6.45, 7) is 10.2. The molecule has 2 atom stereocenters. The number of rotatable bonds is 15. The number of aromatic nitrogens is 2. The number of hydrogen-bond acceptors (Lipinski definition) is 7. The lowest BCUT2D eigenvalue weighted by Crippen LogP contribution is -2.59. The lowest BCUT2D eigenvalue weighted by molar-refractivity contribution is -0.0352. The van der Waals surface area contributed by atoms with Crippen LogP contribution in [-0.2, 0) is 11.3 Å². The molecular weight excluding hydrogens is 653 g/mol. The van der Waals surface area contributed by atoms with E-state index in [0.717, 1.165) is 73.8 Å². The average Bonchev–Trinajstić information content (AvgIpc) is 3.59. The largest absolute Gasteiger partial charge is 0.495 e. The number of anilines is 3. The fourth-order valence-electron chi connectivity index (χ4n) is 7.45. The number of benzene rings is 2. The van der Waals surface area contributed by atoms with Gasteiger partial charge in [0.25, 0.3) is 11.9 Å². The Balaban J connectivity index is 1.22. The molecule has 3 aliphatic heterocycles. The molecule has 0 radical (unpaired) electrons. The molecule has 51 heavy (non-hydrogen) atoms. The molecule has 0 spiro atoms. The van der Waals surface area contributed by atoms with Crippen LogP contribution in [0, 0.1) is 23.5 Å². The van der Waals surface area contributed by atoms with E-state index in [1.165, 1.54) is 29.4 Å². The van der Waals surface area contributed by atoms with Crippen LogP contribution in [0.2, 0.25) is 0 Å². The van der Waals surface area contributed by atoms with E-state index in [1.807, 2.05) is 27.0 Å². The summed E-state index contributed by atoms with van der Waals surface area (Å²) in [4.78, 5) is 17.0. The summed E-state index contributed by atoms with van der Waals surface area (Å²) in [5.41, 5.74) is 4.95. The van der Waals surface area contributed by atoms with Gasteiger partial charge in [-0.3, -0.25) is 9.74 Å². The number of ether oxygens (including phenoxy) is 1. The molecule has 0 amide bonds. The molecule has 272 valence electrons. The molecule has 11 heteroatoms. The summed E-state index contributed by atoms with van der Waals surface area (Å²) in [7, 11) is 1.66. The highest BCUT2D eigenvalue weighted by molar-refractivity contribution is 6.14. The Morgan fingerprint density at radius 1 is 1.14 bits per heavy atom. The number of halogens is 3. The fourth-order valence-corrected chi connectivity index (χ4v) is 7.45. The molecule has 0 aliphatic carbocycles. The van der Waals surface area contributed by atoms with Crippen molar-refractivity contribution in [2.24, 2.45) is 11.8 Å². The Morgan fingerprint density at radius 3 is 2.69 bits per heavy atom. The van der Waals surface area contributed by atoms with E-state index in [0.29, 0.717) is 42.2 Å². The van der Waals surface area contributed by atoms with Gasteiger partial charge in [-0.25, -0.2) is 28.2 Å². The first-order valence-electron chi connectivity index (χ1n) is 18.2. The van der Waals surface area contributed by atoms with Gasteiger partial charge in [0.2, 0.25) is 0 Å². The minimum atomic E-state index is -0.897. The Hall–Kier alpha value is -4.18. The zero-order chi connectivity index (χ0) is 36.1. The number of nitrogens with one attached hydrogen (secondary N) is 1. The molecule has 3 aromatic rings. The second kappa shape index (κ2) is 16.0. The number of likely N-dealkylation sites (tertiary alicyclic amines) is 1. The van der Waals surface area contributed by atoms with Crippen molar-refractivity contribution < 1.29 is 22.7 Å². The topological polar surface area (TPSA) is 76.9 Å². The van der Waals surface area contributed by atoms with Gasteiger partial charge in [-0.1, -0.05) is 38.0 Å². The van der Waals surface area contributed by atoms with Gasteiger partial charge in [0, 0.05) is 43.6 Å². The minimum absolute atomic E-state index is 0.217. The Kier molecular flexibility index (Phi) is 11.5. The van der Waals surface area contributed by atoms with Crippen molar-refractivity contribution in [1.82, 2.24) is 19.5 Å². The van der Waals surface area contributed by atoms with Crippen molar-refractivity contribution in [1.29, 1.82) is 0 Å². The number of hydroxylamine groups is 1. The third-order valence-corrected chi connectivity index (χ3v) is 10.6. The van der Waals surface area contributed by atoms with Crippen molar-refractivity contribution in [3.63, 3.8) is 0 Å². The fraction of sp³-hybridized carbons (Fsp3) is 0.500. The third kappa shape index (κ3) is 8.16. The normalized spacial score (nSPS) is 18.7. The predicted octanol–water partition coefficient (Wildman–Crippen LogP) is 8.19. The summed E-state index contributed by atoms with van der Waals surface area (Å²) in [6, 6.07) is 9.57. The summed E-state index contributed by atoms with van der Waals surface area (Å²) in [5.74, 6) is 1.03. The first-order chi connectivity index (χ1) is 24.6. The maximum Gasteiger partial charge on any atom is 0.299 e. The highest BCUT2D eigenvalue weighted by Crippen LogP contribution is 2.39. The smallest absolute Gasteiger partial charge is 0.299 e. The van der Waals surface area contributed by atoms with E-state index >= 15 is 0 Å². The molecular formula is C40H50F3N6O2+. The predicted molar refractivity (Wildman–Crippen MR) is 198 cm³/mol. The molecule has 0 saturated carbocycles. The molecule has 6 rings (SSSR count). The number of allylic oxidation sites excluding steroid dienone is 2. The van der Waals surface area contributed by atoms with Gasteiger partial charge in [-0.2, -0.15) is 0 Å². The lowest BCUT2D eigenvalue weighted by Gasteiger charge is -2.51. The minimum Gasteiger partial charge on any atom is -0.495 e. The van der Waals surface area contributed by atoms with Crippen LogP contribution in [-0.4, -0.2) is 65.8 Å². The van der Waals surface area contributed by atoms with Crippen molar-refractivity contribution >= 4 is 34.8 Å². The maximum absolute atomic E-state index is 14.8. The van der Waals surface area contributed by atoms with E-state index in [-0.39, 0.29) is 17.8 Å². The number of nitrogens with zero attached hydrogens (tertiary/aromatic N) is 5. The van der Waals surface area contributed by atoms with Crippen molar-refractivity contribution in [2.75, 3.05) is 43.9 Å². The first kappa shape index (κ1) is 36.6. The lowest BCUT2D eigenvalue weighted by atomic mass is 9.77. The number of aryl methyl sites for hydroxylation is 1. The molecule has 4 heterocycles. The molecule has 8 nitrogen and oxygen atoms in total. The van der Waals surface area contributed by atoms with E-state index < -0.39 is 17.7 Å². The van der Waals surface area contributed by atoms with Crippen LogP contribution in [0.15, 0.2) is 48.8 Å². The van der Waals surface area contributed by atoms with Gasteiger partial charge in [0.15, 0.2) is 17.5 Å². The van der Waals surface area contributed by atoms with E-state index in [4.69, 9.17) is 9.57 Å². The van der Waals surface area contributed by atoms with E-state index in [1.54, 1.807) is 19.2 Å². The van der Waals surface area contributed by atoms with Gasteiger partial charge < -0.3 is 10.1 Å². The molecule has 2 aromatic carbocycles. The SMILES string of the molecule is CCCC(CCCc1cc(OC)c(Nc2cc(N3OCC[C@@H]3c3cccc(F)c3F)ncn2)cc1C1=CCC(C)=[N+]=C1)C1CN(C(C)(C)CF)C1. The summed E-state index contributed by atoms with van der Waals surface area (Å²) < 4.78 is 53.0. The quantitative estimate of drug-likeness (QED) is 0.160. The molecule has 2 fully saturated rings. The molecule has 2 saturated heterocycles. The molecule has 0 bridgehead atoms. The zero-order valence-corrected chi connectivity index (χ0v) is 30.4. The standard InChI is InChI=1S/C40H50F3N6O2/c1-6-9-27(30-22-48(23-30)40(3,4)24-41)10-7-11-28-18-36(50-5)34(19-32(28)29-15-14-26(2)44-21-29)47-37-20-38(46-25-45-37)49-35(16-17-51-49)31-12-8-13-33(42)39(31)43/h8,12-13,15,18-21,25,27,30,35H,6-7,9-11,14,16-17,22-24H2,1-5H3,(H,45,46,47)/q+1/t27?,35-/m1/s1. The van der Waals surface area contributed by atoms with Crippen molar-refractivity contribution in [3.8, 4) is 5.75 Å². The second-order valence-corrected chi connectivity index (χ2v) is 14.6. The second-order valence-electron chi connectivity index (χ2n) is 14.6. The van der Waals surface area contributed by atoms with Gasteiger partial charge in [-0.15, -0.1) is 4.67 Å². The van der Waals surface area contributed by atoms with Crippen LogP contribution >= 0.6 is 0 Å². The van der Waals surface area contributed by atoms with Gasteiger partial charge in [0.05, 0.1) is 37.4 Å². The van der Waals surface area contributed by atoms with E-state index in [9.17, 15) is 13.2 Å². The monoisotopic (exact) mass is 703 g/mol. The molecule has 1 unspecified atom stereocenters. The molecule has 1 N–H and O–H groups in total. The number of hydrogen-bond donors (Lipinski definition) is 1. The van der Waals surface area contributed by atoms with E-state index in [2.05, 4.69) is 50.0 Å². The number of methoxy groups -OCH3 is 1. The third-order valence-electron chi connectivity index (χ3n) is 10.6. The highest BCUT2D eigenvalue weighted by Gasteiger charge is 2.40. The van der Waals surface area contributed by atoms with Gasteiger partial charge in [-0.05, 0) is 74.3 Å². The Bertz CT molecular complexity index is 1800. The maximum atomic E-state index is 14.8. The van der Waals surface area contributed by atoms with Crippen LogP contribution in [0.1, 0.15) is 89.0 Å². The molecule has 3 aliphatic rings. The Labute approximate surface area is 299 Å². The van der Waals surface area contributed by atoms with Crippen LogP contribution < -0.4 is 19.8 Å². The summed E-state index contributed by atoms with van der Waals surface area (Å²) in [5, 5.41) is 4.94. The highest BCUT2D eigenvalue weighted by atomic mass is 19.2. The summed E-state index contributed by atoms with van der Waals surface area (Å²) in [6.07, 6.45) is 12.2.